The molecular formula is C11H18N2O3S. The van der Waals surface area contributed by atoms with Gasteiger partial charge in [0.1, 0.15) is 0 Å². The van der Waals surface area contributed by atoms with Gasteiger partial charge in [-0.05, 0) is 31.5 Å². The fraction of sp³-hybridized carbons (Fsp3) is 0.455. The molecule has 1 rings (SSSR count). The molecule has 0 aromatic heterocycles. The fourth-order valence-corrected chi connectivity index (χ4v) is 2.09. The molecule has 5 nitrogen and oxygen atoms in total. The van der Waals surface area contributed by atoms with Crippen molar-refractivity contribution in [1.29, 1.82) is 0 Å². The van der Waals surface area contributed by atoms with Crippen LogP contribution in [-0.2, 0) is 9.84 Å². The summed E-state index contributed by atoms with van der Waals surface area (Å²) in [5.41, 5.74) is 6.84. The smallest absolute Gasteiger partial charge is 0.175 e. The molecule has 1 aromatic carbocycles. The Balaban J connectivity index is 2.91. The summed E-state index contributed by atoms with van der Waals surface area (Å²) in [6.45, 7) is 2.01. The highest BCUT2D eigenvalue weighted by molar-refractivity contribution is 7.90. The van der Waals surface area contributed by atoms with Crippen molar-refractivity contribution in [3.8, 4) is 0 Å². The summed E-state index contributed by atoms with van der Waals surface area (Å²) < 4.78 is 22.6. The molecule has 1 atom stereocenters. The monoisotopic (exact) mass is 258 g/mol. The van der Waals surface area contributed by atoms with Gasteiger partial charge in [-0.3, -0.25) is 0 Å². The van der Waals surface area contributed by atoms with Crippen LogP contribution >= 0.6 is 0 Å². The third-order valence-electron chi connectivity index (χ3n) is 2.42. The molecule has 0 spiro atoms. The molecule has 0 aliphatic rings. The number of anilines is 2. The first-order chi connectivity index (χ1) is 7.84. The highest BCUT2D eigenvalue weighted by atomic mass is 32.2. The van der Waals surface area contributed by atoms with Gasteiger partial charge in [0.25, 0.3) is 0 Å². The zero-order valence-electron chi connectivity index (χ0n) is 9.97. The van der Waals surface area contributed by atoms with Crippen molar-refractivity contribution in [2.45, 2.75) is 24.3 Å². The Kier molecular flexibility index (Phi) is 4.36. The molecule has 1 unspecified atom stereocenters. The van der Waals surface area contributed by atoms with E-state index in [1.165, 1.54) is 12.1 Å². The van der Waals surface area contributed by atoms with E-state index in [0.29, 0.717) is 17.8 Å². The molecule has 4 N–H and O–H groups in total. The van der Waals surface area contributed by atoms with Gasteiger partial charge in [-0.1, -0.05) is 0 Å². The number of nitrogens with two attached hydrogens (primary N) is 1. The van der Waals surface area contributed by atoms with E-state index in [1.807, 2.05) is 6.92 Å². The van der Waals surface area contributed by atoms with E-state index in [0.717, 1.165) is 6.26 Å². The standard InChI is InChI=1S/C11H18N2O3S/c1-8(5-6-14)13-11-4-3-9(7-10(11)12)17(2,15)16/h3-4,7-8,13-14H,5-6,12H2,1-2H3. The average Bonchev–Trinajstić information content (AvgIpc) is 2.20. The van der Waals surface area contributed by atoms with Gasteiger partial charge in [0.2, 0.25) is 0 Å². The number of nitrogens with one attached hydrogen (secondary N) is 1. The largest absolute Gasteiger partial charge is 0.397 e. The maximum Gasteiger partial charge on any atom is 0.175 e. The molecule has 96 valence electrons. The van der Waals surface area contributed by atoms with Crippen LogP contribution in [-0.4, -0.2) is 32.4 Å². The molecule has 0 radical (unpaired) electrons. The summed E-state index contributed by atoms with van der Waals surface area (Å²) in [6, 6.07) is 4.66. The Morgan fingerprint density at radius 2 is 2.12 bits per heavy atom. The van der Waals surface area contributed by atoms with E-state index in [-0.39, 0.29) is 17.5 Å². The third kappa shape index (κ3) is 3.90. The summed E-state index contributed by atoms with van der Waals surface area (Å²) in [5, 5.41) is 11.9. The Morgan fingerprint density at radius 1 is 1.47 bits per heavy atom. The highest BCUT2D eigenvalue weighted by Crippen LogP contribution is 2.23. The predicted molar refractivity (Wildman–Crippen MR) is 68.8 cm³/mol. The number of rotatable bonds is 5. The second-order valence-electron chi connectivity index (χ2n) is 4.08. The van der Waals surface area contributed by atoms with Crippen molar-refractivity contribution in [2.75, 3.05) is 23.9 Å². The summed E-state index contributed by atoms with van der Waals surface area (Å²) in [5.74, 6) is 0. The van der Waals surface area contributed by atoms with E-state index >= 15 is 0 Å². The number of sulfone groups is 1. The van der Waals surface area contributed by atoms with Crippen LogP contribution in [0.2, 0.25) is 0 Å². The van der Waals surface area contributed by atoms with Crippen LogP contribution in [0.3, 0.4) is 0 Å². The van der Waals surface area contributed by atoms with Crippen molar-refractivity contribution < 1.29 is 13.5 Å². The highest BCUT2D eigenvalue weighted by Gasteiger charge is 2.10. The lowest BCUT2D eigenvalue weighted by molar-refractivity contribution is 0.282. The van der Waals surface area contributed by atoms with Gasteiger partial charge in [0, 0.05) is 18.9 Å². The number of aliphatic hydroxyl groups excluding tert-OH is 1. The van der Waals surface area contributed by atoms with Crippen LogP contribution in [0.15, 0.2) is 23.1 Å². The number of benzene rings is 1. The van der Waals surface area contributed by atoms with Crippen LogP contribution in [0.1, 0.15) is 13.3 Å². The van der Waals surface area contributed by atoms with Crippen LogP contribution in [0, 0.1) is 0 Å². The van der Waals surface area contributed by atoms with Crippen LogP contribution < -0.4 is 11.1 Å². The molecule has 0 aliphatic carbocycles. The summed E-state index contributed by atoms with van der Waals surface area (Å²) in [6.07, 6.45) is 1.75. The first-order valence-corrected chi connectivity index (χ1v) is 7.20. The van der Waals surface area contributed by atoms with Gasteiger partial charge in [0.05, 0.1) is 16.3 Å². The molecule has 0 aliphatic heterocycles. The van der Waals surface area contributed by atoms with Gasteiger partial charge in [0.15, 0.2) is 9.84 Å². The number of hydrogen-bond donors (Lipinski definition) is 3. The summed E-state index contributed by atoms with van der Waals surface area (Å²) >= 11 is 0. The van der Waals surface area contributed by atoms with Crippen molar-refractivity contribution in [3.05, 3.63) is 18.2 Å². The van der Waals surface area contributed by atoms with E-state index in [4.69, 9.17) is 10.8 Å². The van der Waals surface area contributed by atoms with Gasteiger partial charge in [-0.2, -0.15) is 0 Å². The molecule has 0 saturated carbocycles. The summed E-state index contributed by atoms with van der Waals surface area (Å²) in [7, 11) is -3.23. The molecule has 0 amide bonds. The zero-order valence-corrected chi connectivity index (χ0v) is 10.8. The van der Waals surface area contributed by atoms with E-state index in [1.54, 1.807) is 6.07 Å². The SMILES string of the molecule is CC(CCO)Nc1ccc(S(C)(=O)=O)cc1N. The van der Waals surface area contributed by atoms with Gasteiger partial charge < -0.3 is 16.2 Å². The Bertz CT molecular complexity index is 485. The van der Waals surface area contributed by atoms with Gasteiger partial charge >= 0.3 is 0 Å². The number of aliphatic hydroxyl groups is 1. The lowest BCUT2D eigenvalue weighted by Crippen LogP contribution is -2.17. The van der Waals surface area contributed by atoms with Crippen molar-refractivity contribution in [3.63, 3.8) is 0 Å². The fourth-order valence-electron chi connectivity index (χ4n) is 1.43. The minimum Gasteiger partial charge on any atom is -0.397 e. The quantitative estimate of drug-likeness (QED) is 0.681. The zero-order chi connectivity index (χ0) is 13.1. The van der Waals surface area contributed by atoms with E-state index < -0.39 is 9.84 Å². The van der Waals surface area contributed by atoms with Crippen LogP contribution in [0.4, 0.5) is 11.4 Å². The molecule has 0 fully saturated rings. The van der Waals surface area contributed by atoms with Crippen LogP contribution in [0.25, 0.3) is 0 Å². The van der Waals surface area contributed by atoms with E-state index in [2.05, 4.69) is 5.32 Å². The Labute approximate surface area is 102 Å². The molecular weight excluding hydrogens is 240 g/mol. The first kappa shape index (κ1) is 13.8. The van der Waals surface area contributed by atoms with Gasteiger partial charge in [-0.25, -0.2) is 8.42 Å². The molecule has 6 heteroatoms. The Hall–Kier alpha value is -1.27. The van der Waals surface area contributed by atoms with Crippen LogP contribution in [0.5, 0.6) is 0 Å². The minimum atomic E-state index is -3.23. The molecule has 0 saturated heterocycles. The van der Waals surface area contributed by atoms with Gasteiger partial charge in [-0.15, -0.1) is 0 Å². The second-order valence-corrected chi connectivity index (χ2v) is 6.09. The minimum absolute atomic E-state index is 0.0754. The first-order valence-electron chi connectivity index (χ1n) is 5.31. The average molecular weight is 258 g/mol. The van der Waals surface area contributed by atoms with E-state index in [9.17, 15) is 8.42 Å². The molecule has 0 bridgehead atoms. The van der Waals surface area contributed by atoms with Crippen molar-refractivity contribution in [1.82, 2.24) is 0 Å². The Morgan fingerprint density at radius 3 is 2.59 bits per heavy atom. The second kappa shape index (κ2) is 5.37. The number of nitrogen functional groups attached to an aromatic ring is 1. The van der Waals surface area contributed by atoms with Crippen molar-refractivity contribution >= 4 is 21.2 Å². The topological polar surface area (TPSA) is 92.4 Å². The molecule has 1 aromatic rings. The molecule has 17 heavy (non-hydrogen) atoms. The maximum absolute atomic E-state index is 11.3. The lowest BCUT2D eigenvalue weighted by atomic mass is 10.2. The van der Waals surface area contributed by atoms with Crippen molar-refractivity contribution in [2.24, 2.45) is 0 Å². The normalized spacial score (nSPS) is 13.4. The maximum atomic E-state index is 11.3. The molecule has 0 heterocycles. The summed E-state index contributed by atoms with van der Waals surface area (Å²) in [4.78, 5) is 0.204. The number of hydrogen-bond acceptors (Lipinski definition) is 5. The lowest BCUT2D eigenvalue weighted by Gasteiger charge is -2.16. The predicted octanol–water partition coefficient (Wildman–Crippen LogP) is 0.855. The third-order valence-corrected chi connectivity index (χ3v) is 3.53.